The highest BCUT2D eigenvalue weighted by molar-refractivity contribution is 5.48. The summed E-state index contributed by atoms with van der Waals surface area (Å²) in [6, 6.07) is 17.8. The van der Waals surface area contributed by atoms with E-state index >= 15 is 0 Å². The minimum atomic E-state index is -0.714. The van der Waals surface area contributed by atoms with Crippen LogP contribution in [-0.4, -0.2) is 38.9 Å². The molecule has 3 rings (SSSR count). The molecule has 4 nitrogen and oxygen atoms in total. The third kappa shape index (κ3) is 5.55. The molecule has 0 aromatic heterocycles. The fraction of sp³-hybridized carbons (Fsp3) is 0.586. The van der Waals surface area contributed by atoms with Crippen LogP contribution in [0.4, 0.5) is 11.4 Å². The summed E-state index contributed by atoms with van der Waals surface area (Å²) in [4.78, 5) is 4.26. The maximum atomic E-state index is 12.2. The zero-order valence-electron chi connectivity index (χ0n) is 21.8. The fourth-order valence-electron chi connectivity index (χ4n) is 5.49. The van der Waals surface area contributed by atoms with Crippen molar-refractivity contribution in [2.75, 3.05) is 38.0 Å². The molecule has 0 spiro atoms. The van der Waals surface area contributed by atoms with Gasteiger partial charge >= 0.3 is 0 Å². The van der Waals surface area contributed by atoms with E-state index < -0.39 is 5.60 Å². The van der Waals surface area contributed by atoms with Crippen LogP contribution < -0.4 is 15.1 Å². The number of hydrogen-bond donors (Lipinski definition) is 2. The van der Waals surface area contributed by atoms with E-state index in [-0.39, 0.29) is 23.9 Å². The van der Waals surface area contributed by atoms with E-state index in [2.05, 4.69) is 113 Å². The van der Waals surface area contributed by atoms with Gasteiger partial charge in [0.15, 0.2) is 0 Å². The molecule has 0 saturated carbocycles. The lowest BCUT2D eigenvalue weighted by atomic mass is 9.64. The highest BCUT2D eigenvalue weighted by atomic mass is 16.3. The molecule has 2 aromatic rings. The molecule has 2 N–H and O–H groups in total. The standard InChI is InChI=1S/C29H45N3O/c1-8-9-10-11-20-29(33)21(2)27(23-12-16-25(17-13-23)31(4)5)30-28(22(29)3)24-14-18-26(19-15-24)32(6)7/h12-19,21-22,27-28,30,33H,8-11,20H2,1-7H3/t21-,22-,27-,28+,29?/m1/s1. The molecule has 0 aliphatic carbocycles. The number of unbranched alkanes of at least 4 members (excludes halogenated alkanes) is 3. The van der Waals surface area contributed by atoms with Crippen LogP contribution in [0.3, 0.4) is 0 Å². The zero-order valence-corrected chi connectivity index (χ0v) is 21.8. The summed E-state index contributed by atoms with van der Waals surface area (Å²) in [5, 5.41) is 16.2. The largest absolute Gasteiger partial charge is 0.389 e. The zero-order chi connectivity index (χ0) is 24.2. The second kappa shape index (κ2) is 10.9. The molecule has 1 heterocycles. The van der Waals surface area contributed by atoms with Crippen molar-refractivity contribution < 1.29 is 5.11 Å². The number of aliphatic hydroxyl groups is 1. The van der Waals surface area contributed by atoms with E-state index in [1.165, 1.54) is 41.8 Å². The Morgan fingerprint density at radius 2 is 1.15 bits per heavy atom. The van der Waals surface area contributed by atoms with Gasteiger partial charge in [-0.3, -0.25) is 0 Å². The summed E-state index contributed by atoms with van der Waals surface area (Å²) in [6.45, 7) is 6.71. The van der Waals surface area contributed by atoms with Crippen molar-refractivity contribution in [2.45, 2.75) is 70.6 Å². The van der Waals surface area contributed by atoms with Crippen molar-refractivity contribution in [2.24, 2.45) is 11.8 Å². The first kappa shape index (κ1) is 25.6. The van der Waals surface area contributed by atoms with Gasteiger partial charge < -0.3 is 20.2 Å². The van der Waals surface area contributed by atoms with E-state index in [4.69, 9.17) is 0 Å². The van der Waals surface area contributed by atoms with Gasteiger partial charge in [0, 0.05) is 63.5 Å². The number of piperidine rings is 1. The first-order valence-corrected chi connectivity index (χ1v) is 12.7. The van der Waals surface area contributed by atoms with E-state index in [1.54, 1.807) is 0 Å². The van der Waals surface area contributed by atoms with Crippen molar-refractivity contribution in [1.82, 2.24) is 5.32 Å². The van der Waals surface area contributed by atoms with Crippen LogP contribution in [-0.2, 0) is 0 Å². The predicted octanol–water partition coefficient (Wildman–Crippen LogP) is 6.18. The van der Waals surface area contributed by atoms with Gasteiger partial charge in [0.2, 0.25) is 0 Å². The predicted molar refractivity (Wildman–Crippen MR) is 142 cm³/mol. The van der Waals surface area contributed by atoms with Crippen LogP contribution in [0, 0.1) is 11.8 Å². The number of nitrogens with zero attached hydrogens (tertiary/aromatic N) is 2. The lowest BCUT2D eigenvalue weighted by Gasteiger charge is -2.52. The highest BCUT2D eigenvalue weighted by Crippen LogP contribution is 2.49. The molecule has 5 atom stereocenters. The Labute approximate surface area is 202 Å². The Bertz CT molecular complexity index is 796. The van der Waals surface area contributed by atoms with Gasteiger partial charge in [0.25, 0.3) is 0 Å². The maximum absolute atomic E-state index is 12.2. The number of anilines is 2. The minimum absolute atomic E-state index is 0.104. The monoisotopic (exact) mass is 451 g/mol. The molecule has 33 heavy (non-hydrogen) atoms. The molecule has 1 aliphatic rings. The van der Waals surface area contributed by atoms with Crippen molar-refractivity contribution >= 4 is 11.4 Å². The summed E-state index contributed by atoms with van der Waals surface area (Å²) in [7, 11) is 8.28. The maximum Gasteiger partial charge on any atom is 0.0734 e. The van der Waals surface area contributed by atoms with Crippen molar-refractivity contribution in [3.8, 4) is 0 Å². The number of rotatable bonds is 9. The molecular formula is C29H45N3O. The van der Waals surface area contributed by atoms with Crippen LogP contribution >= 0.6 is 0 Å². The molecule has 1 saturated heterocycles. The average Bonchev–Trinajstić information content (AvgIpc) is 2.81. The Hall–Kier alpha value is -2.04. The van der Waals surface area contributed by atoms with E-state index in [1.807, 2.05) is 0 Å². The molecular weight excluding hydrogens is 406 g/mol. The fourth-order valence-corrected chi connectivity index (χ4v) is 5.49. The Kier molecular flexibility index (Phi) is 8.47. The van der Waals surface area contributed by atoms with Crippen LogP contribution in [0.5, 0.6) is 0 Å². The summed E-state index contributed by atoms with van der Waals surface area (Å²) in [5.74, 6) is 0.244. The van der Waals surface area contributed by atoms with Crippen LogP contribution in [0.25, 0.3) is 0 Å². The second-order valence-electron chi connectivity index (χ2n) is 10.5. The van der Waals surface area contributed by atoms with Gasteiger partial charge in [-0.1, -0.05) is 70.7 Å². The van der Waals surface area contributed by atoms with Crippen molar-refractivity contribution in [3.05, 3.63) is 59.7 Å². The third-order valence-electron chi connectivity index (χ3n) is 7.90. The number of benzene rings is 2. The normalized spacial score (nSPS) is 27.4. The Morgan fingerprint density at radius 1 is 0.727 bits per heavy atom. The van der Waals surface area contributed by atoms with Crippen molar-refractivity contribution in [1.29, 1.82) is 0 Å². The van der Waals surface area contributed by atoms with Crippen LogP contribution in [0.15, 0.2) is 48.5 Å². The van der Waals surface area contributed by atoms with Crippen molar-refractivity contribution in [3.63, 3.8) is 0 Å². The summed E-state index contributed by atoms with van der Waals surface area (Å²) >= 11 is 0. The quantitative estimate of drug-likeness (QED) is 0.447. The Morgan fingerprint density at radius 3 is 1.52 bits per heavy atom. The number of nitrogens with one attached hydrogen (secondary N) is 1. The van der Waals surface area contributed by atoms with Crippen LogP contribution in [0.1, 0.15) is 76.1 Å². The molecule has 0 radical (unpaired) electrons. The number of hydrogen-bond acceptors (Lipinski definition) is 4. The molecule has 2 aromatic carbocycles. The van der Waals surface area contributed by atoms with Gasteiger partial charge in [-0.25, -0.2) is 0 Å². The first-order chi connectivity index (χ1) is 15.7. The van der Waals surface area contributed by atoms with Gasteiger partial charge in [0.05, 0.1) is 5.60 Å². The SMILES string of the molecule is CCCCCCC1(O)[C@H](C)[C@@H](c2ccc(N(C)C)cc2)N[C@@H](c2ccc(N(C)C)cc2)[C@H]1C. The summed E-state index contributed by atoms with van der Waals surface area (Å²) < 4.78 is 0. The second-order valence-corrected chi connectivity index (χ2v) is 10.5. The molecule has 0 amide bonds. The topological polar surface area (TPSA) is 38.7 Å². The third-order valence-corrected chi connectivity index (χ3v) is 7.90. The first-order valence-electron chi connectivity index (χ1n) is 12.7. The molecule has 1 unspecified atom stereocenters. The molecule has 1 fully saturated rings. The molecule has 0 bridgehead atoms. The minimum Gasteiger partial charge on any atom is -0.389 e. The lowest BCUT2D eigenvalue weighted by Crippen LogP contribution is -2.57. The van der Waals surface area contributed by atoms with Crippen LogP contribution in [0.2, 0.25) is 0 Å². The molecule has 182 valence electrons. The van der Waals surface area contributed by atoms with E-state index in [0.717, 1.165) is 12.8 Å². The van der Waals surface area contributed by atoms with E-state index in [0.29, 0.717) is 0 Å². The Balaban J connectivity index is 1.95. The smallest absolute Gasteiger partial charge is 0.0734 e. The van der Waals surface area contributed by atoms with E-state index in [9.17, 15) is 5.11 Å². The van der Waals surface area contributed by atoms with Gasteiger partial charge in [-0.05, 0) is 41.8 Å². The van der Waals surface area contributed by atoms with Gasteiger partial charge in [0.1, 0.15) is 0 Å². The summed E-state index contributed by atoms with van der Waals surface area (Å²) in [6.07, 6.45) is 5.58. The lowest BCUT2D eigenvalue weighted by molar-refractivity contribution is -0.117. The van der Waals surface area contributed by atoms with Gasteiger partial charge in [-0.15, -0.1) is 0 Å². The highest BCUT2D eigenvalue weighted by Gasteiger charge is 2.50. The average molecular weight is 452 g/mol. The van der Waals surface area contributed by atoms with Gasteiger partial charge in [-0.2, -0.15) is 0 Å². The molecule has 1 aliphatic heterocycles. The molecule has 4 heteroatoms. The summed E-state index contributed by atoms with van der Waals surface area (Å²) in [5.41, 5.74) is 4.18.